The van der Waals surface area contributed by atoms with Gasteiger partial charge in [-0.1, -0.05) is 0 Å². The fourth-order valence-corrected chi connectivity index (χ4v) is 1.64. The van der Waals surface area contributed by atoms with Crippen LogP contribution in [0.15, 0.2) is 5.29 Å². The van der Waals surface area contributed by atoms with Crippen molar-refractivity contribution >= 4 is 11.8 Å². The van der Waals surface area contributed by atoms with Gasteiger partial charge in [0.25, 0.3) is 0 Å². The van der Waals surface area contributed by atoms with Gasteiger partial charge in [-0.15, -0.1) is 16.7 Å². The minimum atomic E-state index is 0.299. The Balaban J connectivity index is 2.41. The Morgan fingerprint density at radius 1 is 1.88 bits per heavy atom. The predicted octanol–water partition coefficient (Wildman–Crippen LogP) is 1.06. The highest BCUT2D eigenvalue weighted by atomic mass is 32.2. The standard InChI is InChI=1S/C4H8N2OS/c1-4-6(5-7)2-3-8-4/h4H,2-3H2,1H3. The van der Waals surface area contributed by atoms with E-state index in [-0.39, 0.29) is 0 Å². The molecule has 1 aliphatic rings. The Labute approximate surface area is 52.4 Å². The molecule has 0 amide bonds. The van der Waals surface area contributed by atoms with Crippen molar-refractivity contribution < 1.29 is 0 Å². The Morgan fingerprint density at radius 2 is 2.62 bits per heavy atom. The number of hydrogen-bond acceptors (Lipinski definition) is 3. The average Bonchev–Trinajstić information content (AvgIpc) is 2.14. The fraction of sp³-hybridized carbons (Fsp3) is 1.00. The summed E-state index contributed by atoms with van der Waals surface area (Å²) in [5.74, 6) is 1.03. The van der Waals surface area contributed by atoms with Crippen LogP contribution in [-0.4, -0.2) is 22.7 Å². The summed E-state index contributed by atoms with van der Waals surface area (Å²) in [6.07, 6.45) is 0. The summed E-state index contributed by atoms with van der Waals surface area (Å²) in [7, 11) is 0. The van der Waals surface area contributed by atoms with Gasteiger partial charge in [0, 0.05) is 12.3 Å². The van der Waals surface area contributed by atoms with Gasteiger partial charge >= 0.3 is 0 Å². The number of nitroso groups, excluding NO2 is 1. The summed E-state index contributed by atoms with van der Waals surface area (Å²) in [6, 6.07) is 0. The van der Waals surface area contributed by atoms with E-state index < -0.39 is 0 Å². The second-order valence-electron chi connectivity index (χ2n) is 1.71. The summed E-state index contributed by atoms with van der Waals surface area (Å²) < 4.78 is 0. The van der Waals surface area contributed by atoms with Crippen molar-refractivity contribution in [2.75, 3.05) is 12.3 Å². The predicted molar refractivity (Wildman–Crippen MR) is 34.4 cm³/mol. The monoisotopic (exact) mass is 132 g/mol. The van der Waals surface area contributed by atoms with Crippen molar-refractivity contribution in [3.63, 3.8) is 0 Å². The summed E-state index contributed by atoms with van der Waals surface area (Å²) >= 11 is 1.76. The first-order valence-electron chi connectivity index (χ1n) is 2.56. The van der Waals surface area contributed by atoms with Gasteiger partial charge < -0.3 is 0 Å². The maximum absolute atomic E-state index is 9.88. The van der Waals surface area contributed by atoms with Gasteiger partial charge in [-0.05, 0) is 6.92 Å². The van der Waals surface area contributed by atoms with Gasteiger partial charge in [0.05, 0.1) is 10.7 Å². The normalized spacial score (nSPS) is 28.6. The molecule has 0 radical (unpaired) electrons. The molecule has 0 aromatic carbocycles. The minimum absolute atomic E-state index is 0.299. The Morgan fingerprint density at radius 3 is 2.88 bits per heavy atom. The molecule has 1 fully saturated rings. The molecular weight excluding hydrogens is 124 g/mol. The molecule has 0 bridgehead atoms. The van der Waals surface area contributed by atoms with Crippen LogP contribution in [0.3, 0.4) is 0 Å². The second kappa shape index (κ2) is 2.35. The molecule has 0 N–H and O–H groups in total. The first-order chi connectivity index (χ1) is 3.84. The van der Waals surface area contributed by atoms with E-state index in [2.05, 4.69) is 5.29 Å². The zero-order valence-electron chi connectivity index (χ0n) is 4.70. The molecule has 46 valence electrons. The zero-order valence-corrected chi connectivity index (χ0v) is 5.52. The maximum atomic E-state index is 9.88. The van der Waals surface area contributed by atoms with Gasteiger partial charge in [-0.2, -0.15) is 0 Å². The van der Waals surface area contributed by atoms with E-state index in [0.29, 0.717) is 5.37 Å². The third kappa shape index (κ3) is 0.940. The van der Waals surface area contributed by atoms with Crippen LogP contribution in [-0.2, 0) is 0 Å². The van der Waals surface area contributed by atoms with Crippen LogP contribution in [0.4, 0.5) is 0 Å². The smallest absolute Gasteiger partial charge is 0.0927 e. The molecule has 1 unspecified atom stereocenters. The summed E-state index contributed by atoms with van der Waals surface area (Å²) in [5.41, 5.74) is 0. The molecule has 1 rings (SSSR count). The van der Waals surface area contributed by atoms with E-state index in [0.717, 1.165) is 12.3 Å². The lowest BCUT2D eigenvalue weighted by atomic mass is 10.6. The van der Waals surface area contributed by atoms with Crippen molar-refractivity contribution in [3.05, 3.63) is 4.91 Å². The Bertz CT molecular complexity index is 98.0. The lowest BCUT2D eigenvalue weighted by Crippen LogP contribution is -2.18. The maximum Gasteiger partial charge on any atom is 0.0927 e. The second-order valence-corrected chi connectivity index (χ2v) is 3.14. The number of rotatable bonds is 1. The van der Waals surface area contributed by atoms with Crippen LogP contribution in [0.2, 0.25) is 0 Å². The molecular formula is C4H8N2OS. The molecule has 1 aliphatic heterocycles. The lowest BCUT2D eigenvalue weighted by molar-refractivity contribution is 0.312. The molecule has 8 heavy (non-hydrogen) atoms. The quantitative estimate of drug-likeness (QED) is 0.500. The van der Waals surface area contributed by atoms with E-state index in [9.17, 15) is 4.91 Å². The van der Waals surface area contributed by atoms with Crippen LogP contribution < -0.4 is 0 Å². The van der Waals surface area contributed by atoms with Crippen molar-refractivity contribution in [2.24, 2.45) is 5.29 Å². The SMILES string of the molecule is CC1SCCN1N=O. The Kier molecular flexibility index (Phi) is 1.73. The topological polar surface area (TPSA) is 32.7 Å². The van der Waals surface area contributed by atoms with E-state index in [1.807, 2.05) is 6.92 Å². The molecule has 0 spiro atoms. The van der Waals surface area contributed by atoms with Crippen LogP contribution in [0.1, 0.15) is 6.92 Å². The first kappa shape index (κ1) is 5.88. The highest BCUT2D eigenvalue weighted by molar-refractivity contribution is 8.00. The molecule has 1 saturated heterocycles. The third-order valence-corrected chi connectivity index (χ3v) is 2.35. The van der Waals surface area contributed by atoms with Gasteiger partial charge in [0.1, 0.15) is 0 Å². The van der Waals surface area contributed by atoms with Crippen molar-refractivity contribution in [3.8, 4) is 0 Å². The highest BCUT2D eigenvalue weighted by Crippen LogP contribution is 2.22. The van der Waals surface area contributed by atoms with E-state index >= 15 is 0 Å². The van der Waals surface area contributed by atoms with Crippen LogP contribution in [0, 0.1) is 4.91 Å². The van der Waals surface area contributed by atoms with Crippen LogP contribution in [0.25, 0.3) is 0 Å². The number of thioether (sulfide) groups is 1. The molecule has 3 nitrogen and oxygen atoms in total. The Hall–Kier alpha value is -0.250. The van der Waals surface area contributed by atoms with Crippen LogP contribution in [0.5, 0.6) is 0 Å². The largest absolute Gasteiger partial charge is 0.247 e. The number of hydrogen-bond donors (Lipinski definition) is 0. The van der Waals surface area contributed by atoms with Crippen molar-refractivity contribution in [1.29, 1.82) is 0 Å². The molecule has 0 aromatic rings. The van der Waals surface area contributed by atoms with Gasteiger partial charge in [0.15, 0.2) is 0 Å². The van der Waals surface area contributed by atoms with E-state index in [1.54, 1.807) is 16.8 Å². The summed E-state index contributed by atoms with van der Waals surface area (Å²) in [5, 5.41) is 4.69. The van der Waals surface area contributed by atoms with Crippen molar-refractivity contribution in [2.45, 2.75) is 12.3 Å². The van der Waals surface area contributed by atoms with E-state index in [4.69, 9.17) is 0 Å². The minimum Gasteiger partial charge on any atom is -0.247 e. The van der Waals surface area contributed by atoms with Crippen LogP contribution >= 0.6 is 11.8 Å². The highest BCUT2D eigenvalue weighted by Gasteiger charge is 2.19. The average molecular weight is 132 g/mol. The van der Waals surface area contributed by atoms with E-state index in [1.165, 1.54) is 0 Å². The molecule has 1 heterocycles. The summed E-state index contributed by atoms with van der Waals surface area (Å²) in [6.45, 7) is 2.80. The first-order valence-corrected chi connectivity index (χ1v) is 3.61. The zero-order chi connectivity index (χ0) is 5.98. The van der Waals surface area contributed by atoms with Gasteiger partial charge in [-0.3, -0.25) is 0 Å². The lowest BCUT2D eigenvalue weighted by Gasteiger charge is -2.09. The summed E-state index contributed by atoms with van der Waals surface area (Å²) in [4.78, 5) is 9.88. The third-order valence-electron chi connectivity index (χ3n) is 1.20. The fourth-order valence-electron chi connectivity index (χ4n) is 0.692. The van der Waals surface area contributed by atoms with Gasteiger partial charge in [-0.25, -0.2) is 5.01 Å². The molecule has 4 heteroatoms. The molecule has 0 saturated carbocycles. The molecule has 0 aromatic heterocycles. The molecule has 1 atom stereocenters. The number of nitrogens with zero attached hydrogens (tertiary/aromatic N) is 2. The molecule has 0 aliphatic carbocycles. The van der Waals surface area contributed by atoms with Crippen molar-refractivity contribution in [1.82, 2.24) is 5.01 Å². The van der Waals surface area contributed by atoms with Gasteiger partial charge in [0.2, 0.25) is 0 Å².